The summed E-state index contributed by atoms with van der Waals surface area (Å²) in [5.74, 6) is 1.87. The first kappa shape index (κ1) is 38.8. The van der Waals surface area contributed by atoms with Gasteiger partial charge in [0.05, 0.1) is 0 Å². The predicted molar refractivity (Wildman–Crippen MR) is 178 cm³/mol. The van der Waals surface area contributed by atoms with Crippen molar-refractivity contribution < 1.29 is 10.2 Å². The van der Waals surface area contributed by atoms with Crippen LogP contribution in [-0.2, 0) is 0 Å². The molecule has 0 aliphatic rings. The zero-order chi connectivity index (χ0) is 31.2. The molecule has 224 valence electrons. The first-order valence-corrected chi connectivity index (χ1v) is 16.6. The molecular formula is C34H56AlClN2O2. The van der Waals surface area contributed by atoms with Crippen LogP contribution in [0.5, 0.6) is 0 Å². The van der Waals surface area contributed by atoms with E-state index in [0.29, 0.717) is 36.5 Å². The van der Waals surface area contributed by atoms with Crippen molar-refractivity contribution in [2.75, 3.05) is 0 Å². The molecule has 0 radical (unpaired) electrons. The molecule has 2 aromatic rings. The first-order chi connectivity index (χ1) is 18.6. The van der Waals surface area contributed by atoms with Crippen LogP contribution >= 0.6 is 10.0 Å². The van der Waals surface area contributed by atoms with Crippen LogP contribution in [0.25, 0.3) is 10.6 Å². The third-order valence-corrected chi connectivity index (χ3v) is 6.75. The van der Waals surface area contributed by atoms with Crippen molar-refractivity contribution in [3.05, 3.63) is 69.3 Å². The van der Waals surface area contributed by atoms with Crippen LogP contribution in [-0.4, -0.2) is 49.9 Å². The van der Waals surface area contributed by atoms with Gasteiger partial charge in [-0.25, -0.2) is 0 Å². The van der Waals surface area contributed by atoms with Crippen molar-refractivity contribution in [2.24, 2.45) is 0 Å². The molecule has 0 aliphatic carbocycles. The molecule has 6 heteroatoms. The zero-order valence-electron chi connectivity index (χ0n) is 27.2. The Morgan fingerprint density at radius 3 is 0.925 bits per heavy atom. The minimum atomic E-state index is -0.299. The van der Waals surface area contributed by atoms with Gasteiger partial charge < -0.3 is 20.8 Å². The van der Waals surface area contributed by atoms with Gasteiger partial charge in [-0.1, -0.05) is 128 Å². The predicted octanol–water partition coefficient (Wildman–Crippen LogP) is 10.5. The number of aliphatic hydroxyl groups is 2. The number of aliphatic hydroxyl groups excluding tert-OH is 2. The van der Waals surface area contributed by atoms with Crippen molar-refractivity contribution in [2.45, 2.75) is 144 Å². The summed E-state index contributed by atoms with van der Waals surface area (Å²) in [6.07, 6.45) is 0.827. The number of nitrogens with zero attached hydrogens (tertiary/aromatic N) is 2. The molecule has 0 saturated carbocycles. The third kappa shape index (κ3) is 13.6. The van der Waals surface area contributed by atoms with Crippen molar-refractivity contribution in [1.82, 2.24) is 0 Å². The number of halogens is 1. The minimum absolute atomic E-state index is 0.150. The Morgan fingerprint density at radius 1 is 0.525 bits per heavy atom. The molecule has 0 saturated heterocycles. The normalized spacial score (nSPS) is 14.2. The van der Waals surface area contributed by atoms with Crippen LogP contribution in [0, 0.1) is 0 Å². The van der Waals surface area contributed by atoms with Gasteiger partial charge in [0.25, 0.3) is 0 Å². The third-order valence-electron chi connectivity index (χ3n) is 6.75. The fourth-order valence-corrected chi connectivity index (χ4v) is 4.86. The topological polar surface area (TPSA) is 68.7 Å². The number of hydrogen-bond acceptors (Lipinski definition) is 2. The van der Waals surface area contributed by atoms with E-state index >= 15 is 0 Å². The number of rotatable bonds is 12. The van der Waals surface area contributed by atoms with Gasteiger partial charge in [-0.15, -0.1) is 23.5 Å². The second kappa shape index (κ2) is 19.8. The van der Waals surface area contributed by atoms with Gasteiger partial charge in [0.15, 0.2) is 0 Å². The van der Waals surface area contributed by atoms with Crippen LogP contribution < -0.4 is 0 Å². The fraction of sp³-hybridized carbons (Fsp3) is 0.647. The van der Waals surface area contributed by atoms with Gasteiger partial charge in [-0.05, 0) is 50.4 Å². The summed E-state index contributed by atoms with van der Waals surface area (Å²) in [5.41, 5.74) is 7.51. The van der Waals surface area contributed by atoms with Gasteiger partial charge in [0.2, 0.25) is 0 Å². The van der Waals surface area contributed by atoms with E-state index in [4.69, 9.17) is 10.6 Å². The Bertz CT molecular complexity index is 831. The standard InChI is InChI=1S/2C17H28NO.Al.ClH/c2*1-11(2)15-8-7-9-16(12(3)4)17(15)18-13(5)10-14(6)19;;/h2*7-9,11-14,19H,10H2,1-6H3;;1H/q2*-1;+3;/p-1. The van der Waals surface area contributed by atoms with E-state index < -0.39 is 0 Å². The molecule has 4 atom stereocenters. The molecule has 0 bridgehead atoms. The SMILES string of the molecule is CC(O)CC(C)[N-]c1c(C(C)C)cccc1C(C)C.CC(O)CC(C)[N-]c1c(C(C)C)cccc1C(C)C.[Al+2][Cl]. The van der Waals surface area contributed by atoms with Gasteiger partial charge >= 0.3 is 25.4 Å². The second-order valence-electron chi connectivity index (χ2n) is 12.3. The molecule has 0 fully saturated rings. The van der Waals surface area contributed by atoms with Crippen LogP contribution in [0.2, 0.25) is 0 Å². The van der Waals surface area contributed by atoms with E-state index in [-0.39, 0.29) is 24.3 Å². The number of benzene rings is 2. The van der Waals surface area contributed by atoms with Crippen molar-refractivity contribution in [3.8, 4) is 0 Å². The maximum atomic E-state index is 9.50. The summed E-state index contributed by atoms with van der Waals surface area (Å²) in [4.78, 5) is 0. The molecule has 0 heterocycles. The van der Waals surface area contributed by atoms with Crippen molar-refractivity contribution in [3.63, 3.8) is 0 Å². The average Bonchev–Trinajstić information content (AvgIpc) is 2.84. The quantitative estimate of drug-likeness (QED) is 0.243. The van der Waals surface area contributed by atoms with Crippen LogP contribution in [0.4, 0.5) is 11.4 Å². The monoisotopic (exact) mass is 586 g/mol. The molecule has 2 N–H and O–H groups in total. The summed E-state index contributed by atoms with van der Waals surface area (Å²) in [6.45, 7) is 25.5. The Hall–Kier alpha value is -1.22. The van der Waals surface area contributed by atoms with E-state index in [0.717, 1.165) is 11.4 Å². The summed E-state index contributed by atoms with van der Waals surface area (Å²) in [7, 11) is 4.56. The summed E-state index contributed by atoms with van der Waals surface area (Å²) < 4.78 is 0. The molecule has 4 nitrogen and oxygen atoms in total. The Morgan fingerprint density at radius 2 is 0.750 bits per heavy atom. The number of hydrogen-bond donors (Lipinski definition) is 2. The van der Waals surface area contributed by atoms with E-state index in [1.54, 1.807) is 0 Å². The molecule has 0 aromatic heterocycles. The molecule has 4 unspecified atom stereocenters. The first-order valence-electron chi connectivity index (χ1n) is 14.9. The van der Waals surface area contributed by atoms with Gasteiger partial charge in [0.1, 0.15) is 0 Å². The number of para-hydroxylation sites is 2. The molecule has 2 aromatic carbocycles. The second-order valence-corrected chi connectivity index (χ2v) is 12.3. The zero-order valence-corrected chi connectivity index (χ0v) is 29.2. The molecule has 0 amide bonds. The molecular weight excluding hydrogens is 531 g/mol. The van der Waals surface area contributed by atoms with E-state index in [9.17, 15) is 10.2 Å². The van der Waals surface area contributed by atoms with Crippen LogP contribution in [0.15, 0.2) is 36.4 Å². The van der Waals surface area contributed by atoms with Crippen LogP contribution in [0.3, 0.4) is 0 Å². The van der Waals surface area contributed by atoms with Crippen molar-refractivity contribution in [1.29, 1.82) is 0 Å². The summed E-state index contributed by atoms with van der Waals surface area (Å²) in [6, 6.07) is 13.2. The van der Waals surface area contributed by atoms with E-state index in [1.165, 1.54) is 22.3 Å². The van der Waals surface area contributed by atoms with E-state index in [2.05, 4.69) is 116 Å². The van der Waals surface area contributed by atoms with Crippen molar-refractivity contribution >= 4 is 36.8 Å². The van der Waals surface area contributed by atoms with Crippen LogP contribution in [0.1, 0.15) is 142 Å². The molecule has 2 rings (SSSR count). The van der Waals surface area contributed by atoms with Gasteiger partial charge in [-0.2, -0.15) is 0 Å². The molecule has 0 aliphatic heterocycles. The van der Waals surface area contributed by atoms with Gasteiger partial charge in [0, 0.05) is 12.2 Å². The Kier molecular flexibility index (Phi) is 19.2. The van der Waals surface area contributed by atoms with E-state index in [1.807, 2.05) is 29.2 Å². The fourth-order valence-electron chi connectivity index (χ4n) is 4.86. The molecule has 0 spiro atoms. The molecule has 40 heavy (non-hydrogen) atoms. The van der Waals surface area contributed by atoms with Gasteiger partial charge in [-0.3, -0.25) is 0 Å². The maximum absolute atomic E-state index is 9.50. The Labute approximate surface area is 259 Å². The average molecular weight is 587 g/mol. The summed E-state index contributed by atoms with van der Waals surface area (Å²) in [5, 5.41) is 28.8. The Balaban J connectivity index is 0.000000716. The summed E-state index contributed by atoms with van der Waals surface area (Å²) >= 11 is 1.89.